The highest BCUT2D eigenvalue weighted by molar-refractivity contribution is 5.71. The summed E-state index contributed by atoms with van der Waals surface area (Å²) in [4.78, 5) is 7.13. The number of anilines is 3. The van der Waals surface area contributed by atoms with Gasteiger partial charge in [0.1, 0.15) is 5.82 Å². The Labute approximate surface area is 159 Å². The molecule has 2 unspecified atom stereocenters. The van der Waals surface area contributed by atoms with Crippen molar-refractivity contribution >= 4 is 17.3 Å². The molecule has 3 aliphatic heterocycles. The summed E-state index contributed by atoms with van der Waals surface area (Å²) in [6, 6.07) is 14.1. The van der Waals surface area contributed by atoms with E-state index >= 15 is 0 Å². The second-order valence-corrected chi connectivity index (χ2v) is 7.76. The van der Waals surface area contributed by atoms with Crippen LogP contribution in [0, 0.1) is 13.8 Å². The number of pyridine rings is 1. The molecule has 0 spiro atoms. The van der Waals surface area contributed by atoms with Crippen LogP contribution in [-0.2, 0) is 0 Å². The molecule has 0 aliphatic carbocycles. The lowest BCUT2D eigenvalue weighted by Crippen LogP contribution is -2.67. The van der Waals surface area contributed by atoms with E-state index in [1.807, 2.05) is 19.2 Å². The highest BCUT2D eigenvalue weighted by atomic mass is 15.3. The van der Waals surface area contributed by atoms with Crippen molar-refractivity contribution in [3.8, 4) is 11.1 Å². The van der Waals surface area contributed by atoms with Gasteiger partial charge in [-0.2, -0.15) is 5.10 Å². The third-order valence-corrected chi connectivity index (χ3v) is 5.38. The summed E-state index contributed by atoms with van der Waals surface area (Å²) >= 11 is 0. The summed E-state index contributed by atoms with van der Waals surface area (Å²) in [7, 11) is 0. The molecule has 5 heterocycles. The predicted octanol–water partition coefficient (Wildman–Crippen LogP) is 3.38. The maximum Gasteiger partial charge on any atom is 0.152 e. The van der Waals surface area contributed by atoms with Crippen molar-refractivity contribution in [1.29, 1.82) is 0 Å². The minimum atomic E-state index is 0.640. The van der Waals surface area contributed by atoms with Gasteiger partial charge in [0, 0.05) is 54.4 Å². The smallest absolute Gasteiger partial charge is 0.152 e. The van der Waals surface area contributed by atoms with E-state index in [9.17, 15) is 0 Å². The monoisotopic (exact) mass is 360 g/mol. The number of nitrogens with one attached hydrogen (secondary N) is 3. The number of nitrogens with zero attached hydrogens (tertiary/aromatic N) is 3. The van der Waals surface area contributed by atoms with Crippen LogP contribution in [0.5, 0.6) is 0 Å². The predicted molar refractivity (Wildman–Crippen MR) is 109 cm³/mol. The minimum Gasteiger partial charge on any atom is -0.353 e. The Kier molecular flexibility index (Phi) is 3.86. The third-order valence-electron chi connectivity index (χ3n) is 5.38. The summed E-state index contributed by atoms with van der Waals surface area (Å²) in [5.74, 6) is 1.91. The average molecular weight is 360 g/mol. The Morgan fingerprint density at radius 1 is 1.04 bits per heavy atom. The lowest BCUT2D eigenvalue weighted by molar-refractivity contribution is 0.225. The Hall–Kier alpha value is -2.86. The molecule has 3 aliphatic rings. The lowest BCUT2D eigenvalue weighted by atomic mass is 9.91. The Balaban J connectivity index is 1.37. The number of aryl methyl sites for hydroxylation is 2. The van der Waals surface area contributed by atoms with Crippen LogP contribution in [0.4, 0.5) is 17.3 Å². The minimum absolute atomic E-state index is 0.640. The molecule has 6 nitrogen and oxygen atoms in total. The molecular weight excluding hydrogens is 336 g/mol. The van der Waals surface area contributed by atoms with E-state index in [0.717, 1.165) is 47.2 Å². The molecule has 0 amide bonds. The number of hydrogen-bond acceptors (Lipinski definition) is 5. The van der Waals surface area contributed by atoms with E-state index < -0.39 is 0 Å². The van der Waals surface area contributed by atoms with Crippen LogP contribution in [0.1, 0.15) is 17.7 Å². The number of rotatable bonds is 4. The molecule has 6 heteroatoms. The van der Waals surface area contributed by atoms with Crippen LogP contribution in [0.2, 0.25) is 0 Å². The fraction of sp³-hybridized carbons (Fsp3) is 0.333. The fourth-order valence-corrected chi connectivity index (χ4v) is 4.10. The van der Waals surface area contributed by atoms with Crippen molar-refractivity contribution in [1.82, 2.24) is 20.5 Å². The molecular formula is C21H24N6. The van der Waals surface area contributed by atoms with Gasteiger partial charge in [-0.15, -0.1) is 0 Å². The number of H-pyrrole nitrogens is 1. The first-order valence-corrected chi connectivity index (χ1v) is 9.50. The molecule has 2 aromatic heterocycles. The van der Waals surface area contributed by atoms with Gasteiger partial charge in [0.05, 0.1) is 0 Å². The van der Waals surface area contributed by atoms with Gasteiger partial charge in [0.25, 0.3) is 0 Å². The molecule has 0 radical (unpaired) electrons. The van der Waals surface area contributed by atoms with Crippen LogP contribution in [-0.4, -0.2) is 40.4 Å². The summed E-state index contributed by atoms with van der Waals surface area (Å²) in [5, 5.41) is 14.2. The van der Waals surface area contributed by atoms with E-state index in [1.54, 1.807) is 0 Å². The van der Waals surface area contributed by atoms with Crippen molar-refractivity contribution in [2.24, 2.45) is 0 Å². The van der Waals surface area contributed by atoms with E-state index in [4.69, 9.17) is 4.98 Å². The second kappa shape index (κ2) is 6.39. The first-order valence-electron chi connectivity index (χ1n) is 9.50. The maximum atomic E-state index is 4.74. The number of piperidine rings is 1. The van der Waals surface area contributed by atoms with Gasteiger partial charge < -0.3 is 15.5 Å². The molecule has 3 saturated heterocycles. The van der Waals surface area contributed by atoms with E-state index in [2.05, 4.69) is 63.0 Å². The molecule has 2 atom stereocenters. The molecule has 0 saturated carbocycles. The zero-order valence-corrected chi connectivity index (χ0v) is 15.7. The third kappa shape index (κ3) is 3.28. The van der Waals surface area contributed by atoms with Gasteiger partial charge in [-0.3, -0.25) is 5.10 Å². The van der Waals surface area contributed by atoms with Crippen molar-refractivity contribution < 1.29 is 0 Å². The summed E-state index contributed by atoms with van der Waals surface area (Å²) in [6.07, 6.45) is 3.30. The van der Waals surface area contributed by atoms with Crippen LogP contribution in [0.25, 0.3) is 11.1 Å². The fourth-order valence-electron chi connectivity index (χ4n) is 4.10. The summed E-state index contributed by atoms with van der Waals surface area (Å²) in [5.41, 5.74) is 5.56. The van der Waals surface area contributed by atoms with Crippen molar-refractivity contribution in [3.63, 3.8) is 0 Å². The average Bonchev–Trinajstić information content (AvgIpc) is 3.05. The Morgan fingerprint density at radius 2 is 1.85 bits per heavy atom. The zero-order valence-electron chi connectivity index (χ0n) is 15.7. The molecule has 2 bridgehead atoms. The molecule has 3 fully saturated rings. The summed E-state index contributed by atoms with van der Waals surface area (Å²) in [6.45, 7) is 6.23. The number of aromatic amines is 1. The van der Waals surface area contributed by atoms with Crippen molar-refractivity contribution in [2.45, 2.75) is 32.4 Å². The van der Waals surface area contributed by atoms with Gasteiger partial charge >= 0.3 is 0 Å². The van der Waals surface area contributed by atoms with Crippen molar-refractivity contribution in [3.05, 3.63) is 53.9 Å². The normalized spacial score (nSPS) is 21.0. The highest BCUT2D eigenvalue weighted by Gasteiger charge is 2.36. The number of hydrogen-bond donors (Lipinski definition) is 3. The van der Waals surface area contributed by atoms with E-state index in [-0.39, 0.29) is 0 Å². The van der Waals surface area contributed by atoms with E-state index in [0.29, 0.717) is 12.1 Å². The van der Waals surface area contributed by atoms with Gasteiger partial charge in [0.15, 0.2) is 5.82 Å². The molecule has 27 heavy (non-hydrogen) atoms. The number of aromatic nitrogens is 3. The van der Waals surface area contributed by atoms with Crippen LogP contribution in [0.3, 0.4) is 0 Å². The Morgan fingerprint density at radius 3 is 2.52 bits per heavy atom. The number of benzene rings is 1. The Bertz CT molecular complexity index is 945. The number of fused-ring (bicyclic) bond motifs is 2. The largest absolute Gasteiger partial charge is 0.353 e. The highest BCUT2D eigenvalue weighted by Crippen LogP contribution is 2.29. The summed E-state index contributed by atoms with van der Waals surface area (Å²) < 4.78 is 0. The first kappa shape index (κ1) is 16.3. The molecule has 3 N–H and O–H groups in total. The van der Waals surface area contributed by atoms with Crippen molar-refractivity contribution in [2.75, 3.05) is 23.3 Å². The van der Waals surface area contributed by atoms with Gasteiger partial charge in [-0.1, -0.05) is 6.07 Å². The lowest BCUT2D eigenvalue weighted by Gasteiger charge is -2.48. The van der Waals surface area contributed by atoms with Crippen LogP contribution < -0.4 is 15.5 Å². The van der Waals surface area contributed by atoms with Crippen LogP contribution >= 0.6 is 0 Å². The molecule has 138 valence electrons. The van der Waals surface area contributed by atoms with Gasteiger partial charge in [0.2, 0.25) is 0 Å². The van der Waals surface area contributed by atoms with Gasteiger partial charge in [-0.25, -0.2) is 4.98 Å². The topological polar surface area (TPSA) is 68.9 Å². The van der Waals surface area contributed by atoms with Gasteiger partial charge in [-0.05, 0) is 55.7 Å². The SMILES string of the molecule is Cc1cc(Nc2cc(C)[nH]n2)cc(-c2ccc(N3CC4CC(C3)N4)nc2)c1. The molecule has 3 aromatic rings. The zero-order chi connectivity index (χ0) is 18.4. The second-order valence-electron chi connectivity index (χ2n) is 7.76. The first-order chi connectivity index (χ1) is 13.1. The standard InChI is InChI=1S/C21H24N6/c1-13-5-16(8-17(6-13)24-20-7-14(2)25-26-20)15-3-4-21(22-10-15)27-11-18-9-19(12-27)23-18/h3-8,10,18-19,23H,9,11-12H2,1-2H3,(H2,24,25,26). The van der Waals surface area contributed by atoms with Crippen LogP contribution in [0.15, 0.2) is 42.6 Å². The quantitative estimate of drug-likeness (QED) is 0.665. The molecule has 1 aromatic carbocycles. The molecule has 6 rings (SSSR count). The number of piperazine rings is 1. The maximum absolute atomic E-state index is 4.74. The van der Waals surface area contributed by atoms with E-state index in [1.165, 1.54) is 12.0 Å².